The smallest absolute Gasteiger partial charge is 0.305 e. The molecule has 0 amide bonds. The van der Waals surface area contributed by atoms with Crippen molar-refractivity contribution in [3.63, 3.8) is 0 Å². The fraction of sp³-hybridized carbons (Fsp3) is 0.914. The molecule has 0 aromatic carbocycles. The van der Waals surface area contributed by atoms with Gasteiger partial charge in [-0.25, -0.2) is 0 Å². The normalized spacial score (nSPS) is 12.6. The zero-order valence-corrected chi connectivity index (χ0v) is 26.6. The topological polar surface area (TPSA) is 29.5 Å². The van der Waals surface area contributed by atoms with E-state index < -0.39 is 0 Å². The van der Waals surface area contributed by atoms with Crippen molar-refractivity contribution in [2.24, 2.45) is 5.92 Å². The van der Waals surface area contributed by atoms with Crippen LogP contribution in [0.2, 0.25) is 0 Å². The van der Waals surface area contributed by atoms with Crippen molar-refractivity contribution in [2.75, 3.05) is 27.2 Å². The van der Waals surface area contributed by atoms with Gasteiger partial charge < -0.3 is 9.64 Å². The van der Waals surface area contributed by atoms with E-state index in [1.54, 1.807) is 0 Å². The van der Waals surface area contributed by atoms with Crippen molar-refractivity contribution < 1.29 is 9.53 Å². The lowest BCUT2D eigenvalue weighted by atomic mass is 9.93. The molecule has 0 rings (SSSR count). The summed E-state index contributed by atoms with van der Waals surface area (Å²) in [6.45, 7) is 5.96. The van der Waals surface area contributed by atoms with Crippen LogP contribution in [-0.4, -0.2) is 38.1 Å². The molecule has 0 fully saturated rings. The van der Waals surface area contributed by atoms with Crippen molar-refractivity contribution in [2.45, 2.75) is 174 Å². The molecule has 0 spiro atoms. The largest absolute Gasteiger partial charge is 0.466 e. The molecular weight excluding hydrogens is 466 g/mol. The molecule has 1 atom stereocenters. The SMILES string of the molecule is CCCCCCCCCC(CCCCCCCCCCC=CCCCCCCCC(=O)OCC)CN(C)C. The Bertz CT molecular complexity index is 502. The van der Waals surface area contributed by atoms with E-state index in [0.717, 1.165) is 18.8 Å². The molecule has 0 N–H and O–H groups in total. The number of unbranched alkanes of at least 4 members (excludes halogenated alkanes) is 19. The highest BCUT2D eigenvalue weighted by atomic mass is 16.5. The summed E-state index contributed by atoms with van der Waals surface area (Å²) in [7, 11) is 4.49. The first-order valence-corrected chi connectivity index (χ1v) is 17.0. The summed E-state index contributed by atoms with van der Waals surface area (Å²) in [5.74, 6) is 0.875. The summed E-state index contributed by atoms with van der Waals surface area (Å²) in [6, 6.07) is 0. The molecule has 226 valence electrons. The van der Waals surface area contributed by atoms with Gasteiger partial charge in [-0.15, -0.1) is 0 Å². The quantitative estimate of drug-likeness (QED) is 0.0520. The third kappa shape index (κ3) is 29.7. The molecular formula is C35H69NO2. The number of carbonyl (C=O) groups excluding carboxylic acids is 1. The Morgan fingerprint density at radius 1 is 0.605 bits per heavy atom. The first-order chi connectivity index (χ1) is 18.6. The monoisotopic (exact) mass is 536 g/mol. The van der Waals surface area contributed by atoms with Crippen LogP contribution in [0.5, 0.6) is 0 Å². The molecule has 0 bridgehead atoms. The van der Waals surface area contributed by atoms with Gasteiger partial charge in [-0.3, -0.25) is 4.79 Å². The fourth-order valence-corrected chi connectivity index (χ4v) is 5.52. The summed E-state index contributed by atoms with van der Waals surface area (Å²) in [6.07, 6.45) is 38.0. The van der Waals surface area contributed by atoms with Gasteiger partial charge in [-0.1, -0.05) is 128 Å². The fourth-order valence-electron chi connectivity index (χ4n) is 5.52. The summed E-state index contributed by atoms with van der Waals surface area (Å²) in [5.41, 5.74) is 0. The third-order valence-corrected chi connectivity index (χ3v) is 7.80. The van der Waals surface area contributed by atoms with Crippen molar-refractivity contribution >= 4 is 5.97 Å². The highest BCUT2D eigenvalue weighted by Gasteiger charge is 2.09. The minimum absolute atomic E-state index is 0.0381. The number of rotatable bonds is 30. The second kappa shape index (κ2) is 30.7. The summed E-state index contributed by atoms with van der Waals surface area (Å²) in [5, 5.41) is 0. The Morgan fingerprint density at radius 2 is 1.03 bits per heavy atom. The van der Waals surface area contributed by atoms with Gasteiger partial charge in [-0.05, 0) is 71.9 Å². The van der Waals surface area contributed by atoms with Gasteiger partial charge in [0.1, 0.15) is 0 Å². The standard InChI is InChI=1S/C35H69NO2/c1-5-7-8-9-21-24-27-30-34(33-36(3)4)31-28-25-22-19-17-15-13-11-10-12-14-16-18-20-23-26-29-32-35(37)38-6-2/h12,14,34H,5-11,13,15-33H2,1-4H3. The Morgan fingerprint density at radius 3 is 1.47 bits per heavy atom. The molecule has 0 radical (unpaired) electrons. The lowest BCUT2D eigenvalue weighted by Gasteiger charge is -2.21. The van der Waals surface area contributed by atoms with Crippen LogP contribution in [-0.2, 0) is 9.53 Å². The highest BCUT2D eigenvalue weighted by molar-refractivity contribution is 5.69. The van der Waals surface area contributed by atoms with Gasteiger partial charge in [0.05, 0.1) is 6.61 Å². The Hall–Kier alpha value is -0.830. The van der Waals surface area contributed by atoms with E-state index >= 15 is 0 Å². The van der Waals surface area contributed by atoms with E-state index in [0.29, 0.717) is 13.0 Å². The minimum Gasteiger partial charge on any atom is -0.466 e. The average molecular weight is 536 g/mol. The maximum Gasteiger partial charge on any atom is 0.305 e. The average Bonchev–Trinajstić information content (AvgIpc) is 2.89. The molecule has 0 aliphatic heterocycles. The first kappa shape index (κ1) is 37.2. The second-order valence-electron chi connectivity index (χ2n) is 12.0. The summed E-state index contributed by atoms with van der Waals surface area (Å²) < 4.78 is 4.96. The molecule has 0 aliphatic carbocycles. The third-order valence-electron chi connectivity index (χ3n) is 7.80. The van der Waals surface area contributed by atoms with Crippen LogP contribution >= 0.6 is 0 Å². The van der Waals surface area contributed by atoms with Gasteiger partial charge in [-0.2, -0.15) is 0 Å². The van der Waals surface area contributed by atoms with Crippen LogP contribution in [0.15, 0.2) is 12.2 Å². The molecule has 0 saturated heterocycles. The van der Waals surface area contributed by atoms with E-state index in [4.69, 9.17) is 4.74 Å². The molecule has 3 nitrogen and oxygen atoms in total. The van der Waals surface area contributed by atoms with Crippen LogP contribution < -0.4 is 0 Å². The van der Waals surface area contributed by atoms with Gasteiger partial charge in [0.15, 0.2) is 0 Å². The number of esters is 1. The van der Waals surface area contributed by atoms with Crippen molar-refractivity contribution in [1.82, 2.24) is 4.90 Å². The Kier molecular flexibility index (Phi) is 30.0. The van der Waals surface area contributed by atoms with Crippen LogP contribution in [0.3, 0.4) is 0 Å². The molecule has 0 aromatic heterocycles. The molecule has 3 heteroatoms. The highest BCUT2D eigenvalue weighted by Crippen LogP contribution is 2.20. The second-order valence-corrected chi connectivity index (χ2v) is 12.0. The maximum absolute atomic E-state index is 11.3. The van der Waals surface area contributed by atoms with Gasteiger partial charge in [0.25, 0.3) is 0 Å². The number of ether oxygens (including phenoxy) is 1. The molecule has 0 aromatic rings. The van der Waals surface area contributed by atoms with Crippen molar-refractivity contribution in [1.29, 1.82) is 0 Å². The van der Waals surface area contributed by atoms with Gasteiger partial charge in [0, 0.05) is 13.0 Å². The van der Waals surface area contributed by atoms with E-state index in [9.17, 15) is 4.79 Å². The van der Waals surface area contributed by atoms with Crippen molar-refractivity contribution in [3.05, 3.63) is 12.2 Å². The predicted octanol–water partition coefficient (Wildman–Crippen LogP) is 11.1. The summed E-state index contributed by atoms with van der Waals surface area (Å²) in [4.78, 5) is 13.7. The van der Waals surface area contributed by atoms with E-state index in [-0.39, 0.29) is 5.97 Å². The van der Waals surface area contributed by atoms with Crippen LogP contribution in [0.4, 0.5) is 0 Å². The summed E-state index contributed by atoms with van der Waals surface area (Å²) >= 11 is 0. The van der Waals surface area contributed by atoms with Crippen LogP contribution in [0, 0.1) is 5.92 Å². The van der Waals surface area contributed by atoms with Gasteiger partial charge >= 0.3 is 5.97 Å². The number of allylic oxidation sites excluding steroid dienone is 2. The zero-order chi connectivity index (χ0) is 27.9. The molecule has 0 aliphatic rings. The van der Waals surface area contributed by atoms with E-state index in [1.165, 1.54) is 148 Å². The van der Waals surface area contributed by atoms with Crippen molar-refractivity contribution in [3.8, 4) is 0 Å². The van der Waals surface area contributed by atoms with Gasteiger partial charge in [0.2, 0.25) is 0 Å². The predicted molar refractivity (Wildman–Crippen MR) is 169 cm³/mol. The van der Waals surface area contributed by atoms with E-state index in [2.05, 4.69) is 38.1 Å². The van der Waals surface area contributed by atoms with Crippen LogP contribution in [0.1, 0.15) is 174 Å². The molecule has 0 heterocycles. The van der Waals surface area contributed by atoms with E-state index in [1.807, 2.05) is 6.92 Å². The Balaban J connectivity index is 3.46. The Labute approximate surface area is 239 Å². The van der Waals surface area contributed by atoms with Crippen LogP contribution in [0.25, 0.3) is 0 Å². The molecule has 38 heavy (non-hydrogen) atoms. The maximum atomic E-state index is 11.3. The minimum atomic E-state index is -0.0381. The molecule has 1 unspecified atom stereocenters. The lowest BCUT2D eigenvalue weighted by molar-refractivity contribution is -0.143. The number of nitrogens with zero attached hydrogens (tertiary/aromatic N) is 1. The zero-order valence-electron chi connectivity index (χ0n) is 26.6. The molecule has 0 saturated carbocycles. The number of hydrogen-bond acceptors (Lipinski definition) is 3. The number of hydrogen-bond donors (Lipinski definition) is 0. The lowest BCUT2D eigenvalue weighted by Crippen LogP contribution is -2.21. The number of carbonyl (C=O) groups is 1. The first-order valence-electron chi connectivity index (χ1n) is 17.0.